The molecule has 0 bridgehead atoms. The van der Waals surface area contributed by atoms with E-state index in [4.69, 9.17) is 5.11 Å². The van der Waals surface area contributed by atoms with Gasteiger partial charge in [0.2, 0.25) is 0 Å². The molecule has 0 spiro atoms. The first-order valence-electron chi connectivity index (χ1n) is 4.71. The van der Waals surface area contributed by atoms with E-state index in [0.717, 1.165) is 0 Å². The average molecular weight is 338 g/mol. The molecule has 0 atom stereocenters. The van der Waals surface area contributed by atoms with Crippen molar-refractivity contribution >= 4 is 16.1 Å². The summed E-state index contributed by atoms with van der Waals surface area (Å²) in [6.07, 6.45) is -5.23. The summed E-state index contributed by atoms with van der Waals surface area (Å²) < 4.78 is 98.6. The van der Waals surface area contributed by atoms with Gasteiger partial charge in [-0.15, -0.1) is 0 Å². The number of benzene rings is 1. The smallest absolute Gasteiger partial charge is 0.478 e. The number of alkyl halides is 6. The third-order valence-electron chi connectivity index (χ3n) is 2.02. The van der Waals surface area contributed by atoms with Gasteiger partial charge < -0.3 is 9.29 Å². The summed E-state index contributed by atoms with van der Waals surface area (Å²) in [7, 11) is -6.16. The average Bonchev–Trinajstić information content (AvgIpc) is 2.25. The van der Waals surface area contributed by atoms with Crippen LogP contribution < -0.4 is 4.18 Å². The van der Waals surface area contributed by atoms with Crippen molar-refractivity contribution in [2.75, 3.05) is 0 Å². The van der Waals surface area contributed by atoms with E-state index < -0.39 is 44.6 Å². The Bertz CT molecular complexity index is 660. The minimum atomic E-state index is -6.16. The van der Waals surface area contributed by atoms with Crippen LogP contribution in [0.3, 0.4) is 0 Å². The van der Waals surface area contributed by atoms with Gasteiger partial charge in [-0.25, -0.2) is 4.79 Å². The maximum atomic E-state index is 12.6. The normalized spacial score (nSPS) is 13.0. The summed E-state index contributed by atoms with van der Waals surface area (Å²) in [6, 6.07) is 0.501. The topological polar surface area (TPSA) is 80.7 Å². The number of hydrogen-bond donors (Lipinski definition) is 1. The molecule has 1 rings (SSSR count). The maximum Gasteiger partial charge on any atom is 0.534 e. The third kappa shape index (κ3) is 3.77. The number of carboxylic acids is 1. The van der Waals surface area contributed by atoms with E-state index in [9.17, 15) is 39.6 Å². The lowest BCUT2D eigenvalue weighted by Gasteiger charge is -2.13. The highest BCUT2D eigenvalue weighted by Gasteiger charge is 2.49. The monoisotopic (exact) mass is 338 g/mol. The van der Waals surface area contributed by atoms with Gasteiger partial charge in [0.25, 0.3) is 0 Å². The van der Waals surface area contributed by atoms with E-state index in [1.165, 1.54) is 0 Å². The molecule has 0 amide bonds. The Hall–Kier alpha value is -1.98. The Balaban J connectivity index is 3.34. The van der Waals surface area contributed by atoms with Crippen LogP contribution in [0.1, 0.15) is 15.9 Å². The summed E-state index contributed by atoms with van der Waals surface area (Å²) in [5, 5.41) is 8.54. The molecule has 0 aliphatic rings. The van der Waals surface area contributed by atoms with Crippen molar-refractivity contribution in [3.05, 3.63) is 29.3 Å². The second-order valence-electron chi connectivity index (χ2n) is 3.49. The van der Waals surface area contributed by atoms with Crippen LogP contribution in [0.2, 0.25) is 0 Å². The van der Waals surface area contributed by atoms with Crippen LogP contribution in [-0.4, -0.2) is 25.0 Å². The summed E-state index contributed by atoms with van der Waals surface area (Å²) in [4.78, 5) is 10.6. The van der Waals surface area contributed by atoms with Gasteiger partial charge in [-0.2, -0.15) is 34.8 Å². The summed E-state index contributed by atoms with van der Waals surface area (Å²) in [5.74, 6) is -3.31. The molecule has 0 heterocycles. The van der Waals surface area contributed by atoms with Gasteiger partial charge in [-0.05, 0) is 18.2 Å². The van der Waals surface area contributed by atoms with Gasteiger partial charge in [0.15, 0.2) is 0 Å². The SMILES string of the molecule is O=C(O)c1ccc(OS(=O)(=O)C(F)(F)F)cc1C(F)(F)F. The largest absolute Gasteiger partial charge is 0.534 e. The predicted octanol–water partition coefficient (Wildman–Crippen LogP) is 2.63. The minimum Gasteiger partial charge on any atom is -0.478 e. The summed E-state index contributed by atoms with van der Waals surface area (Å²) >= 11 is 0. The van der Waals surface area contributed by atoms with Gasteiger partial charge in [0.1, 0.15) is 5.75 Å². The van der Waals surface area contributed by atoms with Crippen LogP contribution in [0.15, 0.2) is 18.2 Å². The van der Waals surface area contributed by atoms with Gasteiger partial charge in [0.05, 0.1) is 11.1 Å². The molecule has 12 heteroatoms. The maximum absolute atomic E-state index is 12.6. The highest BCUT2D eigenvalue weighted by Crippen LogP contribution is 2.35. The van der Waals surface area contributed by atoms with Gasteiger partial charge in [-0.1, -0.05) is 0 Å². The van der Waals surface area contributed by atoms with Crippen LogP contribution in [-0.2, 0) is 16.3 Å². The molecule has 1 N–H and O–H groups in total. The van der Waals surface area contributed by atoms with Crippen LogP contribution in [0.25, 0.3) is 0 Å². The van der Waals surface area contributed by atoms with Crippen LogP contribution >= 0.6 is 0 Å². The zero-order valence-corrected chi connectivity index (χ0v) is 10.3. The Labute approximate surface area is 112 Å². The lowest BCUT2D eigenvalue weighted by Crippen LogP contribution is -2.28. The molecule has 1 aromatic rings. The fraction of sp³-hybridized carbons (Fsp3) is 0.222. The van der Waals surface area contributed by atoms with Crippen molar-refractivity contribution in [2.24, 2.45) is 0 Å². The van der Waals surface area contributed by atoms with Gasteiger partial charge >= 0.3 is 27.8 Å². The highest BCUT2D eigenvalue weighted by molar-refractivity contribution is 7.88. The zero-order chi connectivity index (χ0) is 16.6. The van der Waals surface area contributed by atoms with E-state index in [-0.39, 0.29) is 12.1 Å². The number of carbonyl (C=O) groups is 1. The van der Waals surface area contributed by atoms with Crippen molar-refractivity contribution in [3.63, 3.8) is 0 Å². The molecule has 0 aliphatic carbocycles. The Morgan fingerprint density at radius 2 is 1.62 bits per heavy atom. The predicted molar refractivity (Wildman–Crippen MR) is 54.0 cm³/mol. The fourth-order valence-corrected chi connectivity index (χ4v) is 1.62. The molecule has 0 aliphatic heterocycles. The Morgan fingerprint density at radius 1 is 1.10 bits per heavy atom. The summed E-state index contributed by atoms with van der Waals surface area (Å²) in [5.41, 5.74) is -8.94. The first kappa shape index (κ1) is 17.1. The second kappa shape index (κ2) is 5.09. The molecule has 5 nitrogen and oxygen atoms in total. The van der Waals surface area contributed by atoms with Crippen LogP contribution in [0, 0.1) is 0 Å². The molecule has 21 heavy (non-hydrogen) atoms. The first-order valence-corrected chi connectivity index (χ1v) is 6.12. The molecule has 118 valence electrons. The van der Waals surface area contributed by atoms with Crippen molar-refractivity contribution < 1.29 is 48.8 Å². The van der Waals surface area contributed by atoms with Crippen molar-refractivity contribution in [1.29, 1.82) is 0 Å². The van der Waals surface area contributed by atoms with E-state index >= 15 is 0 Å². The lowest BCUT2D eigenvalue weighted by atomic mass is 10.1. The van der Waals surface area contributed by atoms with E-state index in [2.05, 4.69) is 4.18 Å². The zero-order valence-electron chi connectivity index (χ0n) is 9.49. The Morgan fingerprint density at radius 3 is 2.00 bits per heavy atom. The highest BCUT2D eigenvalue weighted by atomic mass is 32.2. The first-order chi connectivity index (χ1) is 9.25. The molecule has 0 saturated heterocycles. The number of carboxylic acid groups (broad SMARTS) is 1. The van der Waals surface area contributed by atoms with E-state index in [1.54, 1.807) is 0 Å². The van der Waals surface area contributed by atoms with Crippen molar-refractivity contribution in [2.45, 2.75) is 11.7 Å². The number of aromatic carboxylic acids is 1. The number of rotatable bonds is 3. The molecule has 1 aromatic carbocycles. The molecular formula is C9H4F6O5S. The quantitative estimate of drug-likeness (QED) is 0.521. The third-order valence-corrected chi connectivity index (χ3v) is 3.00. The number of halogens is 6. The van der Waals surface area contributed by atoms with Crippen molar-refractivity contribution in [3.8, 4) is 5.75 Å². The molecule has 0 radical (unpaired) electrons. The van der Waals surface area contributed by atoms with Crippen molar-refractivity contribution in [1.82, 2.24) is 0 Å². The standard InChI is InChI=1S/C9H4F6O5S/c10-8(11,12)6-3-4(1-2-5(6)7(16)17)20-21(18,19)9(13,14)15/h1-3H,(H,16,17). The molecule has 0 aromatic heterocycles. The minimum absolute atomic E-state index is 0.146. The van der Waals surface area contributed by atoms with E-state index in [0.29, 0.717) is 6.07 Å². The fourth-order valence-electron chi connectivity index (χ4n) is 1.17. The van der Waals surface area contributed by atoms with Gasteiger partial charge in [0, 0.05) is 0 Å². The lowest BCUT2D eigenvalue weighted by molar-refractivity contribution is -0.138. The summed E-state index contributed by atoms with van der Waals surface area (Å²) in [6.45, 7) is 0. The van der Waals surface area contributed by atoms with Crippen LogP contribution in [0.4, 0.5) is 26.3 Å². The molecule has 0 fully saturated rings. The Kier molecular flexibility index (Phi) is 4.14. The molecule has 0 saturated carbocycles. The number of hydrogen-bond acceptors (Lipinski definition) is 4. The van der Waals surface area contributed by atoms with E-state index in [1.807, 2.05) is 0 Å². The molecule has 0 unspecified atom stereocenters. The molecular weight excluding hydrogens is 334 g/mol. The van der Waals surface area contributed by atoms with Crippen LogP contribution in [0.5, 0.6) is 5.75 Å². The second-order valence-corrected chi connectivity index (χ2v) is 5.03. The van der Waals surface area contributed by atoms with Gasteiger partial charge in [-0.3, -0.25) is 0 Å².